The molecule has 0 unspecified atom stereocenters. The molecule has 1 heterocycles. The fraction of sp³-hybridized carbons (Fsp3) is 0.368. The highest BCUT2D eigenvalue weighted by Crippen LogP contribution is 2.40. The number of thiophene rings is 1. The number of rotatable bonds is 4. The lowest BCUT2D eigenvalue weighted by Gasteiger charge is -2.18. The highest BCUT2D eigenvalue weighted by Gasteiger charge is 2.28. The van der Waals surface area contributed by atoms with Crippen LogP contribution in [-0.4, -0.2) is 11.8 Å². The summed E-state index contributed by atoms with van der Waals surface area (Å²) in [6, 6.07) is 7.01. The van der Waals surface area contributed by atoms with Crippen LogP contribution in [-0.2, 0) is 17.6 Å². The van der Waals surface area contributed by atoms with Gasteiger partial charge in [0.1, 0.15) is 5.00 Å². The molecule has 0 saturated carbocycles. The second-order valence-electron chi connectivity index (χ2n) is 6.42. The van der Waals surface area contributed by atoms with Crippen molar-refractivity contribution >= 4 is 45.4 Å². The predicted octanol–water partition coefficient (Wildman–Crippen LogP) is 5.13. The van der Waals surface area contributed by atoms with Crippen LogP contribution in [0.4, 0.5) is 10.7 Å². The quantitative estimate of drug-likeness (QED) is 0.777. The minimum absolute atomic E-state index is 0.0767. The minimum atomic E-state index is -0.180. The standard InChI is InChI=1S/C19H21ClN2O2S/c1-3-16(23)22-19-17(14-9-4-11(2)10-15(14)25-19)18(24)21-13-7-5-12(20)6-8-13/h5-8,11H,3-4,9-10H2,1-2H3,(H,21,24)(H,22,23)/t11-/m0/s1. The van der Waals surface area contributed by atoms with E-state index < -0.39 is 0 Å². The van der Waals surface area contributed by atoms with Crippen LogP contribution in [0.1, 0.15) is 47.5 Å². The van der Waals surface area contributed by atoms with Gasteiger partial charge in [0.2, 0.25) is 5.91 Å². The Morgan fingerprint density at radius 1 is 1.24 bits per heavy atom. The van der Waals surface area contributed by atoms with E-state index in [1.165, 1.54) is 16.2 Å². The number of anilines is 2. The van der Waals surface area contributed by atoms with Gasteiger partial charge in [-0.25, -0.2) is 0 Å². The summed E-state index contributed by atoms with van der Waals surface area (Å²) >= 11 is 7.43. The number of hydrogen-bond acceptors (Lipinski definition) is 3. The van der Waals surface area contributed by atoms with Crippen LogP contribution in [0.5, 0.6) is 0 Å². The third kappa shape index (κ3) is 4.05. The summed E-state index contributed by atoms with van der Waals surface area (Å²) in [6.45, 7) is 4.03. The molecular weight excluding hydrogens is 356 g/mol. The number of carbonyl (C=O) groups is 2. The topological polar surface area (TPSA) is 58.2 Å². The lowest BCUT2D eigenvalue weighted by molar-refractivity contribution is -0.115. The Morgan fingerprint density at radius 3 is 2.64 bits per heavy atom. The Labute approximate surface area is 156 Å². The molecule has 25 heavy (non-hydrogen) atoms. The molecule has 3 rings (SSSR count). The van der Waals surface area contributed by atoms with Crippen LogP contribution in [0, 0.1) is 5.92 Å². The summed E-state index contributed by atoms with van der Waals surface area (Å²) in [7, 11) is 0. The maximum Gasteiger partial charge on any atom is 0.258 e. The normalized spacial score (nSPS) is 16.2. The molecule has 1 aromatic carbocycles. The SMILES string of the molecule is CCC(=O)Nc1sc2c(c1C(=O)Nc1ccc(Cl)cc1)CC[C@H](C)C2. The van der Waals surface area contributed by atoms with E-state index in [1.807, 2.05) is 0 Å². The molecule has 1 aromatic heterocycles. The number of fused-ring (bicyclic) bond motifs is 1. The van der Waals surface area contributed by atoms with Crippen molar-refractivity contribution in [3.05, 3.63) is 45.3 Å². The van der Waals surface area contributed by atoms with Crippen LogP contribution in [0.3, 0.4) is 0 Å². The van der Waals surface area contributed by atoms with Crippen molar-refractivity contribution in [2.75, 3.05) is 10.6 Å². The number of nitrogens with one attached hydrogen (secondary N) is 2. The summed E-state index contributed by atoms with van der Waals surface area (Å²) in [5.41, 5.74) is 2.39. The average molecular weight is 377 g/mol. The second-order valence-corrected chi connectivity index (χ2v) is 7.96. The molecule has 4 nitrogen and oxygen atoms in total. The van der Waals surface area contributed by atoms with Gasteiger partial charge in [-0.05, 0) is 55.0 Å². The summed E-state index contributed by atoms with van der Waals surface area (Å²) < 4.78 is 0. The molecule has 0 aliphatic heterocycles. The number of benzene rings is 1. The van der Waals surface area contributed by atoms with Gasteiger partial charge in [-0.1, -0.05) is 25.4 Å². The van der Waals surface area contributed by atoms with Gasteiger partial charge in [-0.15, -0.1) is 11.3 Å². The molecule has 2 N–H and O–H groups in total. The van der Waals surface area contributed by atoms with E-state index in [1.54, 1.807) is 31.2 Å². The summed E-state index contributed by atoms with van der Waals surface area (Å²) in [5, 5.41) is 7.11. The van der Waals surface area contributed by atoms with Gasteiger partial charge in [0.05, 0.1) is 5.56 Å². The Balaban J connectivity index is 1.93. The molecule has 2 amide bonds. The monoisotopic (exact) mass is 376 g/mol. The largest absolute Gasteiger partial charge is 0.322 e. The summed E-state index contributed by atoms with van der Waals surface area (Å²) in [5.74, 6) is 0.348. The third-order valence-corrected chi connectivity index (χ3v) is 5.84. The molecule has 0 bridgehead atoms. The first-order chi connectivity index (χ1) is 12.0. The van der Waals surface area contributed by atoms with Crippen molar-refractivity contribution in [3.8, 4) is 0 Å². The second kappa shape index (κ2) is 7.58. The zero-order valence-corrected chi connectivity index (χ0v) is 15.9. The van der Waals surface area contributed by atoms with Gasteiger partial charge in [0, 0.05) is 22.0 Å². The zero-order chi connectivity index (χ0) is 18.0. The summed E-state index contributed by atoms with van der Waals surface area (Å²) in [6.07, 6.45) is 3.28. The smallest absolute Gasteiger partial charge is 0.258 e. The van der Waals surface area contributed by atoms with Crippen LogP contribution >= 0.6 is 22.9 Å². The van der Waals surface area contributed by atoms with E-state index in [-0.39, 0.29) is 11.8 Å². The Hall–Kier alpha value is -1.85. The van der Waals surface area contributed by atoms with E-state index in [2.05, 4.69) is 17.6 Å². The first-order valence-corrected chi connectivity index (χ1v) is 9.68. The van der Waals surface area contributed by atoms with Gasteiger partial charge in [-0.2, -0.15) is 0 Å². The molecule has 0 saturated heterocycles. The highest BCUT2D eigenvalue weighted by atomic mass is 35.5. The molecule has 1 aliphatic carbocycles. The fourth-order valence-electron chi connectivity index (χ4n) is 3.02. The minimum Gasteiger partial charge on any atom is -0.322 e. The fourth-order valence-corrected chi connectivity index (χ4v) is 4.57. The maximum absolute atomic E-state index is 12.9. The van der Waals surface area contributed by atoms with Crippen molar-refractivity contribution in [3.63, 3.8) is 0 Å². The average Bonchev–Trinajstić information content (AvgIpc) is 2.93. The lowest BCUT2D eigenvalue weighted by atomic mass is 9.88. The van der Waals surface area contributed by atoms with Crippen LogP contribution in [0.25, 0.3) is 0 Å². The van der Waals surface area contributed by atoms with Crippen LogP contribution in [0.2, 0.25) is 5.02 Å². The molecule has 132 valence electrons. The Bertz CT molecular complexity index is 799. The Morgan fingerprint density at radius 2 is 1.96 bits per heavy atom. The maximum atomic E-state index is 12.9. The van der Waals surface area contributed by atoms with E-state index in [4.69, 9.17) is 11.6 Å². The molecule has 1 atom stereocenters. The van der Waals surface area contributed by atoms with Crippen molar-refractivity contribution in [2.24, 2.45) is 5.92 Å². The number of hydrogen-bond donors (Lipinski definition) is 2. The number of carbonyl (C=O) groups excluding carboxylic acids is 2. The molecule has 2 aromatic rings. The molecular formula is C19H21ClN2O2S. The van der Waals surface area contributed by atoms with Crippen molar-refractivity contribution < 1.29 is 9.59 Å². The van der Waals surface area contributed by atoms with E-state index >= 15 is 0 Å². The van der Waals surface area contributed by atoms with Crippen molar-refractivity contribution in [1.82, 2.24) is 0 Å². The number of amides is 2. The molecule has 0 spiro atoms. The first-order valence-electron chi connectivity index (χ1n) is 8.49. The zero-order valence-electron chi connectivity index (χ0n) is 14.3. The lowest BCUT2D eigenvalue weighted by Crippen LogP contribution is -2.19. The molecule has 0 radical (unpaired) electrons. The van der Waals surface area contributed by atoms with Gasteiger partial charge < -0.3 is 10.6 Å². The number of halogens is 1. The highest BCUT2D eigenvalue weighted by molar-refractivity contribution is 7.17. The van der Waals surface area contributed by atoms with Crippen molar-refractivity contribution in [2.45, 2.75) is 39.5 Å². The van der Waals surface area contributed by atoms with Crippen LogP contribution in [0.15, 0.2) is 24.3 Å². The molecule has 6 heteroatoms. The first kappa shape index (κ1) is 18.0. The third-order valence-electron chi connectivity index (χ3n) is 4.41. The predicted molar refractivity (Wildman–Crippen MR) is 104 cm³/mol. The Kier molecular flexibility index (Phi) is 5.45. The molecule has 1 aliphatic rings. The van der Waals surface area contributed by atoms with Gasteiger partial charge in [-0.3, -0.25) is 9.59 Å². The molecule has 0 fully saturated rings. The van der Waals surface area contributed by atoms with Crippen LogP contribution < -0.4 is 10.6 Å². The van der Waals surface area contributed by atoms with E-state index in [0.717, 1.165) is 24.8 Å². The van der Waals surface area contributed by atoms with E-state index in [0.29, 0.717) is 33.6 Å². The van der Waals surface area contributed by atoms with Gasteiger partial charge in [0.25, 0.3) is 5.91 Å². The van der Waals surface area contributed by atoms with Crippen molar-refractivity contribution in [1.29, 1.82) is 0 Å². The van der Waals surface area contributed by atoms with Gasteiger partial charge in [0.15, 0.2) is 0 Å². The summed E-state index contributed by atoms with van der Waals surface area (Å²) in [4.78, 5) is 26.0. The van der Waals surface area contributed by atoms with E-state index in [9.17, 15) is 9.59 Å². The van der Waals surface area contributed by atoms with Gasteiger partial charge >= 0.3 is 0 Å².